The van der Waals surface area contributed by atoms with Crippen molar-refractivity contribution in [2.75, 3.05) is 18.5 Å². The smallest absolute Gasteiger partial charge is 0.324 e. The molecule has 0 spiro atoms. The molecule has 0 bridgehead atoms. The van der Waals surface area contributed by atoms with Gasteiger partial charge >= 0.3 is 6.18 Å². The van der Waals surface area contributed by atoms with Gasteiger partial charge in [0, 0.05) is 23.8 Å². The van der Waals surface area contributed by atoms with Crippen LogP contribution in [0.25, 0.3) is 16.9 Å². The number of nitrogens with zero attached hydrogens (tertiary/aromatic N) is 5. The molecule has 0 atom stereocenters. The third-order valence-electron chi connectivity index (χ3n) is 6.96. The zero-order valence-electron chi connectivity index (χ0n) is 19.6. The number of anilines is 2. The maximum atomic E-state index is 13.7. The number of rotatable bonds is 6. The van der Waals surface area contributed by atoms with Crippen LogP contribution < -0.4 is 16.2 Å². The average Bonchev–Trinajstić information content (AvgIpc) is 3.64. The summed E-state index contributed by atoms with van der Waals surface area (Å²) in [5.74, 6) is 0.172. The molecule has 1 aromatic carbocycles. The minimum absolute atomic E-state index is 0.0267. The van der Waals surface area contributed by atoms with Crippen molar-refractivity contribution in [1.29, 1.82) is 0 Å². The van der Waals surface area contributed by atoms with Gasteiger partial charge in [-0.3, -0.25) is 9.18 Å². The first-order valence-electron chi connectivity index (χ1n) is 12.0. The van der Waals surface area contributed by atoms with E-state index < -0.39 is 30.4 Å². The predicted molar refractivity (Wildman–Crippen MR) is 129 cm³/mol. The fourth-order valence-electron chi connectivity index (χ4n) is 4.77. The van der Waals surface area contributed by atoms with Crippen molar-refractivity contribution in [2.45, 2.75) is 43.9 Å². The van der Waals surface area contributed by atoms with Crippen LogP contribution in [-0.4, -0.2) is 43.7 Å². The SMILES string of the molecule is O=c1c2cnc(Nc3ccc4c(c3)CNCC4)nc2n(-c2cccc(C3(CF)CC3)n2)n1CC(F)(F)F. The zero-order chi connectivity index (χ0) is 25.8. The third-order valence-corrected chi connectivity index (χ3v) is 6.96. The average molecular weight is 513 g/mol. The zero-order valence-corrected chi connectivity index (χ0v) is 19.6. The summed E-state index contributed by atoms with van der Waals surface area (Å²) >= 11 is 0. The van der Waals surface area contributed by atoms with Gasteiger partial charge in [0.15, 0.2) is 11.5 Å². The second-order valence-electron chi connectivity index (χ2n) is 9.55. The monoisotopic (exact) mass is 513 g/mol. The Labute approximate surface area is 208 Å². The summed E-state index contributed by atoms with van der Waals surface area (Å²) in [6, 6.07) is 10.6. The summed E-state index contributed by atoms with van der Waals surface area (Å²) in [6.07, 6.45) is -1.32. The Morgan fingerprint density at radius 3 is 2.70 bits per heavy atom. The van der Waals surface area contributed by atoms with Crippen molar-refractivity contribution in [3.63, 3.8) is 0 Å². The van der Waals surface area contributed by atoms with Gasteiger partial charge < -0.3 is 10.6 Å². The summed E-state index contributed by atoms with van der Waals surface area (Å²) in [5, 5.41) is 6.32. The van der Waals surface area contributed by atoms with E-state index in [2.05, 4.69) is 25.6 Å². The van der Waals surface area contributed by atoms with Gasteiger partial charge in [-0.2, -0.15) is 18.2 Å². The molecule has 0 amide bonds. The lowest BCUT2D eigenvalue weighted by Crippen LogP contribution is -2.30. The van der Waals surface area contributed by atoms with E-state index in [-0.39, 0.29) is 22.8 Å². The highest BCUT2D eigenvalue weighted by Gasteiger charge is 2.46. The molecule has 1 aliphatic heterocycles. The lowest BCUT2D eigenvalue weighted by molar-refractivity contribution is -0.144. The van der Waals surface area contributed by atoms with Gasteiger partial charge in [0.1, 0.15) is 18.6 Å². The van der Waals surface area contributed by atoms with E-state index in [1.165, 1.54) is 17.8 Å². The van der Waals surface area contributed by atoms with E-state index in [1.54, 1.807) is 12.1 Å². The van der Waals surface area contributed by atoms with Crippen LogP contribution in [0.4, 0.5) is 29.2 Å². The first-order chi connectivity index (χ1) is 17.8. The van der Waals surface area contributed by atoms with Crippen molar-refractivity contribution < 1.29 is 17.6 Å². The third kappa shape index (κ3) is 4.35. The first-order valence-corrected chi connectivity index (χ1v) is 12.0. The maximum absolute atomic E-state index is 13.7. The summed E-state index contributed by atoms with van der Waals surface area (Å²) in [6.45, 7) is -0.513. The standard InChI is InChI=1S/C25H23F4N7O/c26-13-24(7-8-24)19-2-1-3-20(33-19)36-21-18(22(37)35(36)14-25(27,28)29)12-31-23(34-21)32-17-5-4-15-6-9-30-11-16(15)10-17/h1-5,10,12,30H,6-9,11,13-14H2,(H,31,32,34). The molecule has 12 heteroatoms. The molecule has 0 unspecified atom stereocenters. The lowest BCUT2D eigenvalue weighted by atomic mass is 10.0. The van der Waals surface area contributed by atoms with Gasteiger partial charge in [-0.25, -0.2) is 19.3 Å². The molecule has 4 aromatic rings. The van der Waals surface area contributed by atoms with Crippen molar-refractivity contribution in [3.8, 4) is 5.82 Å². The molecule has 4 heterocycles. The molecule has 192 valence electrons. The number of hydrogen-bond acceptors (Lipinski definition) is 6. The molecule has 0 radical (unpaired) electrons. The maximum Gasteiger partial charge on any atom is 0.408 e. The highest BCUT2D eigenvalue weighted by Crippen LogP contribution is 2.47. The molecule has 1 saturated carbocycles. The minimum atomic E-state index is -4.67. The number of benzene rings is 1. The van der Waals surface area contributed by atoms with Crippen LogP contribution in [-0.2, 0) is 24.9 Å². The van der Waals surface area contributed by atoms with E-state index in [9.17, 15) is 22.4 Å². The second kappa shape index (κ2) is 8.65. The van der Waals surface area contributed by atoms with Crippen LogP contribution in [0.5, 0.6) is 0 Å². The molecular formula is C25H23F4N7O. The number of halogens is 4. The van der Waals surface area contributed by atoms with Crippen LogP contribution in [0.1, 0.15) is 29.7 Å². The topological polar surface area (TPSA) is 89.7 Å². The molecule has 8 nitrogen and oxygen atoms in total. The fourth-order valence-corrected chi connectivity index (χ4v) is 4.77. The van der Waals surface area contributed by atoms with Crippen molar-refractivity contribution >= 4 is 22.7 Å². The van der Waals surface area contributed by atoms with Gasteiger partial charge in [0.05, 0.1) is 5.69 Å². The van der Waals surface area contributed by atoms with Crippen LogP contribution in [0.15, 0.2) is 47.4 Å². The largest absolute Gasteiger partial charge is 0.408 e. The summed E-state index contributed by atoms with van der Waals surface area (Å²) in [5.41, 5.74) is 1.88. The Bertz CT molecular complexity index is 1560. The molecule has 37 heavy (non-hydrogen) atoms. The highest BCUT2D eigenvalue weighted by molar-refractivity contribution is 5.77. The van der Waals surface area contributed by atoms with Gasteiger partial charge in [-0.15, -0.1) is 0 Å². The molecule has 2 N–H and O–H groups in total. The van der Waals surface area contributed by atoms with Crippen molar-refractivity contribution in [2.24, 2.45) is 0 Å². The van der Waals surface area contributed by atoms with Crippen molar-refractivity contribution in [1.82, 2.24) is 29.6 Å². The summed E-state index contributed by atoms with van der Waals surface area (Å²) in [4.78, 5) is 26.1. The van der Waals surface area contributed by atoms with Gasteiger partial charge in [-0.05, 0) is 61.2 Å². The number of nitrogens with one attached hydrogen (secondary N) is 2. The quantitative estimate of drug-likeness (QED) is 0.380. The fraction of sp³-hybridized carbons (Fsp3) is 0.360. The summed E-state index contributed by atoms with van der Waals surface area (Å²) in [7, 11) is 0. The Morgan fingerprint density at radius 1 is 1.11 bits per heavy atom. The predicted octanol–water partition coefficient (Wildman–Crippen LogP) is 3.93. The first kappa shape index (κ1) is 23.6. The molecule has 1 fully saturated rings. The molecule has 1 aliphatic carbocycles. The van der Waals surface area contributed by atoms with Crippen LogP contribution in [0, 0.1) is 0 Å². The second-order valence-corrected chi connectivity index (χ2v) is 9.55. The number of hydrogen-bond donors (Lipinski definition) is 2. The Balaban J connectivity index is 1.46. The molecular weight excluding hydrogens is 490 g/mol. The summed E-state index contributed by atoms with van der Waals surface area (Å²) < 4.78 is 55.8. The number of pyridine rings is 1. The lowest BCUT2D eigenvalue weighted by Gasteiger charge is -2.18. The van der Waals surface area contributed by atoms with E-state index in [0.717, 1.165) is 29.8 Å². The van der Waals surface area contributed by atoms with E-state index in [0.29, 0.717) is 28.9 Å². The van der Waals surface area contributed by atoms with E-state index in [1.807, 2.05) is 18.2 Å². The normalized spacial score (nSPS) is 16.5. The van der Waals surface area contributed by atoms with Gasteiger partial charge in [-0.1, -0.05) is 12.1 Å². The molecule has 3 aromatic heterocycles. The van der Waals surface area contributed by atoms with Gasteiger partial charge in [0.25, 0.3) is 5.56 Å². The Kier molecular flexibility index (Phi) is 5.51. The van der Waals surface area contributed by atoms with Crippen molar-refractivity contribution in [3.05, 3.63) is 69.8 Å². The highest BCUT2D eigenvalue weighted by atomic mass is 19.4. The van der Waals surface area contributed by atoms with Gasteiger partial charge in [0.2, 0.25) is 5.95 Å². The number of fused-ring (bicyclic) bond motifs is 2. The van der Waals surface area contributed by atoms with E-state index in [4.69, 9.17) is 0 Å². The Hall–Kier alpha value is -3.80. The Morgan fingerprint density at radius 2 is 1.95 bits per heavy atom. The molecule has 2 aliphatic rings. The number of alkyl halides is 4. The molecule has 6 rings (SSSR count). The number of aromatic nitrogens is 5. The van der Waals surface area contributed by atoms with E-state index >= 15 is 0 Å². The van der Waals surface area contributed by atoms with Crippen LogP contribution >= 0.6 is 0 Å². The van der Waals surface area contributed by atoms with Crippen LogP contribution in [0.3, 0.4) is 0 Å². The minimum Gasteiger partial charge on any atom is -0.324 e. The van der Waals surface area contributed by atoms with Crippen LogP contribution in [0.2, 0.25) is 0 Å². The molecule has 0 saturated heterocycles.